The van der Waals surface area contributed by atoms with Gasteiger partial charge in [-0.15, -0.1) is 0 Å². The number of fused-ring (bicyclic) bond motifs is 3. The molecule has 2 aliphatic heterocycles. The zero-order chi connectivity index (χ0) is 23.1. The van der Waals surface area contributed by atoms with Crippen molar-refractivity contribution in [2.24, 2.45) is 4.99 Å². The fourth-order valence-electron chi connectivity index (χ4n) is 4.61. The van der Waals surface area contributed by atoms with Crippen LogP contribution in [0.5, 0.6) is 11.5 Å². The summed E-state index contributed by atoms with van der Waals surface area (Å²) in [5, 5.41) is 3.00. The Labute approximate surface area is 195 Å². The van der Waals surface area contributed by atoms with E-state index in [0.717, 1.165) is 46.9 Å². The Hall–Kier alpha value is -2.47. The lowest BCUT2D eigenvalue weighted by atomic mass is 9.81. The molecule has 0 saturated carbocycles. The second-order valence-electron chi connectivity index (χ2n) is 9.70. The molecule has 170 valence electrons. The molecule has 2 heterocycles. The minimum atomic E-state index is -0.297. The number of anilines is 1. The first kappa shape index (κ1) is 22.7. The number of amides is 1. The van der Waals surface area contributed by atoms with Crippen molar-refractivity contribution < 1.29 is 14.3 Å². The molecule has 32 heavy (non-hydrogen) atoms. The van der Waals surface area contributed by atoms with Gasteiger partial charge in [0.1, 0.15) is 5.60 Å². The summed E-state index contributed by atoms with van der Waals surface area (Å²) in [6.07, 6.45) is 3.56. The van der Waals surface area contributed by atoms with Gasteiger partial charge in [0.2, 0.25) is 5.91 Å². The Morgan fingerprint density at radius 1 is 1.22 bits per heavy atom. The largest absolute Gasteiger partial charge is 0.490 e. The molecule has 2 aromatic rings. The van der Waals surface area contributed by atoms with Crippen molar-refractivity contribution in [2.75, 3.05) is 23.9 Å². The summed E-state index contributed by atoms with van der Waals surface area (Å²) < 4.78 is 12.3. The first-order chi connectivity index (χ1) is 15.1. The lowest BCUT2D eigenvalue weighted by Gasteiger charge is -2.31. The lowest BCUT2D eigenvalue weighted by Crippen LogP contribution is -2.30. The standard InChI is InChI=1S/C26H32N2O3S/c1-7-30-20-12-17-13-25(2,3)28-23(22(17)19-14-26(4,5)31-24(19)20)16-9-8-10-18(11-16)27-21(29)15-32-6/h8-12H,7,13-15H2,1-6H3,(H,27,29). The number of aliphatic imine (C=N–C) groups is 1. The van der Waals surface area contributed by atoms with E-state index >= 15 is 0 Å². The summed E-state index contributed by atoms with van der Waals surface area (Å²) >= 11 is 1.51. The number of ether oxygens (including phenoxy) is 2. The quantitative estimate of drug-likeness (QED) is 0.648. The number of thioether (sulfide) groups is 1. The molecule has 4 rings (SSSR count). The smallest absolute Gasteiger partial charge is 0.234 e. The summed E-state index contributed by atoms with van der Waals surface area (Å²) in [5.74, 6) is 2.09. The molecule has 0 radical (unpaired) electrons. The van der Waals surface area contributed by atoms with Crippen LogP contribution in [0.25, 0.3) is 0 Å². The van der Waals surface area contributed by atoms with Crippen LogP contribution < -0.4 is 14.8 Å². The molecule has 1 N–H and O–H groups in total. The third-order valence-corrected chi connectivity index (χ3v) is 6.23. The highest BCUT2D eigenvalue weighted by molar-refractivity contribution is 7.99. The first-order valence-corrected chi connectivity index (χ1v) is 12.5. The molecule has 0 bridgehead atoms. The van der Waals surface area contributed by atoms with E-state index in [4.69, 9.17) is 14.5 Å². The van der Waals surface area contributed by atoms with Crippen molar-refractivity contribution in [3.05, 3.63) is 52.6 Å². The maximum Gasteiger partial charge on any atom is 0.234 e. The first-order valence-electron chi connectivity index (χ1n) is 11.1. The molecule has 1 amide bonds. The van der Waals surface area contributed by atoms with Gasteiger partial charge in [-0.2, -0.15) is 11.8 Å². The fraction of sp³-hybridized carbons (Fsp3) is 0.462. The Kier molecular flexibility index (Phi) is 6.01. The van der Waals surface area contributed by atoms with Crippen molar-refractivity contribution in [2.45, 2.75) is 58.6 Å². The maximum atomic E-state index is 12.1. The molecule has 0 aromatic heterocycles. The molecular formula is C26H32N2O3S. The van der Waals surface area contributed by atoms with Gasteiger partial charge in [-0.05, 0) is 71.1 Å². The summed E-state index contributed by atoms with van der Waals surface area (Å²) in [4.78, 5) is 17.3. The predicted octanol–water partition coefficient (Wildman–Crippen LogP) is 5.27. The maximum absolute atomic E-state index is 12.1. The molecule has 0 unspecified atom stereocenters. The van der Waals surface area contributed by atoms with Gasteiger partial charge in [-0.1, -0.05) is 12.1 Å². The molecule has 0 spiro atoms. The van der Waals surface area contributed by atoms with E-state index in [1.807, 2.05) is 31.4 Å². The van der Waals surface area contributed by atoms with E-state index in [2.05, 4.69) is 45.1 Å². The van der Waals surface area contributed by atoms with E-state index in [0.29, 0.717) is 12.4 Å². The van der Waals surface area contributed by atoms with Crippen molar-refractivity contribution >= 4 is 29.1 Å². The van der Waals surface area contributed by atoms with Gasteiger partial charge in [0, 0.05) is 28.8 Å². The van der Waals surface area contributed by atoms with Crippen LogP contribution in [-0.4, -0.2) is 41.4 Å². The van der Waals surface area contributed by atoms with Crippen LogP contribution in [0, 0.1) is 0 Å². The number of hydrogen-bond acceptors (Lipinski definition) is 5. The minimum Gasteiger partial charge on any atom is -0.490 e. The van der Waals surface area contributed by atoms with Crippen molar-refractivity contribution in [3.63, 3.8) is 0 Å². The van der Waals surface area contributed by atoms with Crippen molar-refractivity contribution in [3.8, 4) is 11.5 Å². The third-order valence-electron chi connectivity index (χ3n) is 5.68. The minimum absolute atomic E-state index is 0.00152. The highest BCUT2D eigenvalue weighted by atomic mass is 32.2. The van der Waals surface area contributed by atoms with Crippen LogP contribution >= 0.6 is 11.8 Å². The van der Waals surface area contributed by atoms with Gasteiger partial charge in [-0.3, -0.25) is 9.79 Å². The number of nitrogens with one attached hydrogen (secondary N) is 1. The third kappa shape index (κ3) is 4.51. The van der Waals surface area contributed by atoms with Crippen LogP contribution in [0.15, 0.2) is 35.3 Å². The topological polar surface area (TPSA) is 59.9 Å². The van der Waals surface area contributed by atoms with E-state index in [1.54, 1.807) is 0 Å². The monoisotopic (exact) mass is 452 g/mol. The molecule has 0 fully saturated rings. The molecule has 5 nitrogen and oxygen atoms in total. The number of hydrogen-bond donors (Lipinski definition) is 1. The normalized spacial score (nSPS) is 17.6. The van der Waals surface area contributed by atoms with Gasteiger partial charge in [0.25, 0.3) is 0 Å². The van der Waals surface area contributed by atoms with E-state index in [-0.39, 0.29) is 17.0 Å². The summed E-state index contributed by atoms with van der Waals surface area (Å²) in [6.45, 7) is 11.1. The SMILES string of the molecule is CCOc1cc2c(c3c1OC(C)(C)C3)C(c1cccc(NC(=O)CSC)c1)=NC(C)(C)C2. The number of rotatable bonds is 6. The number of carbonyl (C=O) groups is 1. The van der Waals surface area contributed by atoms with Crippen LogP contribution in [0.3, 0.4) is 0 Å². The highest BCUT2D eigenvalue weighted by Crippen LogP contribution is 2.48. The van der Waals surface area contributed by atoms with E-state index < -0.39 is 0 Å². The highest BCUT2D eigenvalue weighted by Gasteiger charge is 2.39. The molecular weight excluding hydrogens is 420 g/mol. The molecule has 0 aliphatic carbocycles. The predicted molar refractivity (Wildman–Crippen MR) is 133 cm³/mol. The van der Waals surface area contributed by atoms with Crippen LogP contribution in [0.4, 0.5) is 5.69 Å². The Morgan fingerprint density at radius 3 is 2.72 bits per heavy atom. The van der Waals surface area contributed by atoms with Gasteiger partial charge in [-0.25, -0.2) is 0 Å². The average Bonchev–Trinajstić information content (AvgIpc) is 3.02. The molecule has 0 saturated heterocycles. The summed E-state index contributed by atoms with van der Waals surface area (Å²) in [7, 11) is 0. The van der Waals surface area contributed by atoms with E-state index in [9.17, 15) is 4.79 Å². The molecule has 0 atom stereocenters. The summed E-state index contributed by atoms with van der Waals surface area (Å²) in [6, 6.07) is 10.1. The Balaban J connectivity index is 1.85. The number of nitrogens with zero attached hydrogens (tertiary/aromatic N) is 1. The lowest BCUT2D eigenvalue weighted by molar-refractivity contribution is -0.113. The van der Waals surface area contributed by atoms with Crippen molar-refractivity contribution in [1.82, 2.24) is 0 Å². The zero-order valence-corrected chi connectivity index (χ0v) is 20.6. The second-order valence-corrected chi connectivity index (χ2v) is 10.6. The second kappa shape index (κ2) is 8.47. The van der Waals surface area contributed by atoms with Crippen LogP contribution in [0.2, 0.25) is 0 Å². The Bertz CT molecular complexity index is 1090. The molecule has 6 heteroatoms. The fourth-order valence-corrected chi connectivity index (χ4v) is 4.95. The zero-order valence-electron chi connectivity index (χ0n) is 19.8. The van der Waals surface area contributed by atoms with Crippen molar-refractivity contribution in [1.29, 1.82) is 0 Å². The van der Waals surface area contributed by atoms with Crippen LogP contribution in [0.1, 0.15) is 56.9 Å². The van der Waals surface area contributed by atoms with Gasteiger partial charge in [0.05, 0.1) is 23.6 Å². The number of benzene rings is 2. The Morgan fingerprint density at radius 2 is 2.00 bits per heavy atom. The van der Waals surface area contributed by atoms with Crippen LogP contribution in [-0.2, 0) is 17.6 Å². The van der Waals surface area contributed by atoms with Gasteiger partial charge >= 0.3 is 0 Å². The van der Waals surface area contributed by atoms with E-state index in [1.165, 1.54) is 22.9 Å². The van der Waals surface area contributed by atoms with Gasteiger partial charge in [0.15, 0.2) is 11.5 Å². The molecule has 2 aromatic carbocycles. The van der Waals surface area contributed by atoms with Gasteiger partial charge < -0.3 is 14.8 Å². The molecule has 2 aliphatic rings. The average molecular weight is 453 g/mol. The number of carbonyl (C=O) groups excluding carboxylic acids is 1. The summed E-state index contributed by atoms with van der Waals surface area (Å²) in [5.41, 5.74) is 5.76.